The average molecular weight is 309 g/mol. The summed E-state index contributed by atoms with van der Waals surface area (Å²) in [6.45, 7) is 2.91. The molecular weight excluding hydrogens is 292 g/mol. The van der Waals surface area contributed by atoms with Crippen molar-refractivity contribution in [1.29, 1.82) is 0 Å². The van der Waals surface area contributed by atoms with Crippen LogP contribution in [-0.4, -0.2) is 27.3 Å². The summed E-state index contributed by atoms with van der Waals surface area (Å²) in [6, 6.07) is 4.49. The van der Waals surface area contributed by atoms with Crippen molar-refractivity contribution in [3.05, 3.63) is 52.9 Å². The fourth-order valence-corrected chi connectivity index (χ4v) is 2.04. The lowest BCUT2D eigenvalue weighted by molar-refractivity contribution is 0.0493. The van der Waals surface area contributed by atoms with Gasteiger partial charge in [-0.3, -0.25) is 9.48 Å². The van der Waals surface area contributed by atoms with Crippen LogP contribution >= 0.6 is 0 Å². The van der Waals surface area contributed by atoms with Crippen LogP contribution in [0.3, 0.4) is 0 Å². The van der Waals surface area contributed by atoms with E-state index in [4.69, 9.17) is 0 Å². The van der Waals surface area contributed by atoms with Gasteiger partial charge >= 0.3 is 0 Å². The van der Waals surface area contributed by atoms with Gasteiger partial charge in [0.1, 0.15) is 22.9 Å². The molecule has 1 aromatic carbocycles. The Kier molecular flexibility index (Phi) is 4.27. The van der Waals surface area contributed by atoms with E-state index in [-0.39, 0.29) is 17.8 Å². The molecule has 118 valence electrons. The second-order valence-corrected chi connectivity index (χ2v) is 5.38. The quantitative estimate of drug-likeness (QED) is 0.902. The maximum absolute atomic E-state index is 13.7. The molecule has 1 amide bonds. The van der Waals surface area contributed by atoms with Crippen LogP contribution in [-0.2, 0) is 12.6 Å². The molecule has 1 aromatic heterocycles. The van der Waals surface area contributed by atoms with E-state index in [1.807, 2.05) is 0 Å². The third-order valence-electron chi connectivity index (χ3n) is 3.45. The Labute approximate surface area is 126 Å². The molecular formula is C15H17F2N3O2. The van der Waals surface area contributed by atoms with E-state index in [0.29, 0.717) is 6.07 Å². The van der Waals surface area contributed by atoms with E-state index in [0.717, 1.165) is 17.8 Å². The molecule has 2 rings (SSSR count). The van der Waals surface area contributed by atoms with Gasteiger partial charge in [-0.25, -0.2) is 8.78 Å². The summed E-state index contributed by atoms with van der Waals surface area (Å²) in [5.74, 6) is -2.08. The summed E-state index contributed by atoms with van der Waals surface area (Å²) in [4.78, 5) is 12.0. The summed E-state index contributed by atoms with van der Waals surface area (Å²) in [5, 5.41) is 16.8. The minimum Gasteiger partial charge on any atom is -0.383 e. The van der Waals surface area contributed by atoms with Gasteiger partial charge in [0.15, 0.2) is 0 Å². The van der Waals surface area contributed by atoms with Crippen molar-refractivity contribution < 1.29 is 18.7 Å². The minimum atomic E-state index is -1.67. The molecule has 0 saturated heterocycles. The fourth-order valence-electron chi connectivity index (χ4n) is 2.04. The summed E-state index contributed by atoms with van der Waals surface area (Å²) >= 11 is 0. The molecule has 0 spiro atoms. The van der Waals surface area contributed by atoms with Crippen molar-refractivity contribution in [2.75, 3.05) is 6.54 Å². The van der Waals surface area contributed by atoms with Crippen LogP contribution < -0.4 is 5.32 Å². The van der Waals surface area contributed by atoms with E-state index in [9.17, 15) is 18.7 Å². The van der Waals surface area contributed by atoms with E-state index in [1.54, 1.807) is 24.7 Å². The van der Waals surface area contributed by atoms with Gasteiger partial charge in [0.2, 0.25) is 0 Å². The second-order valence-electron chi connectivity index (χ2n) is 5.38. The first-order valence-electron chi connectivity index (χ1n) is 6.67. The van der Waals surface area contributed by atoms with Crippen LogP contribution in [0.4, 0.5) is 8.78 Å². The highest BCUT2D eigenvalue weighted by atomic mass is 19.1. The monoisotopic (exact) mass is 309 g/mol. The second kappa shape index (κ2) is 5.84. The summed E-state index contributed by atoms with van der Waals surface area (Å²) in [5.41, 5.74) is -0.750. The Balaban J connectivity index is 2.10. The SMILES string of the molecule is Cc1cc(C(=O)NCC(C)(O)c2ccc(F)cc2F)nn1C. The molecule has 2 aromatic rings. The molecule has 7 heteroatoms. The molecule has 1 unspecified atom stereocenters. The number of nitrogens with one attached hydrogen (secondary N) is 1. The van der Waals surface area contributed by atoms with Crippen LogP contribution in [0, 0.1) is 18.6 Å². The predicted molar refractivity (Wildman–Crippen MR) is 76.2 cm³/mol. The van der Waals surface area contributed by atoms with Gasteiger partial charge in [-0.2, -0.15) is 5.10 Å². The van der Waals surface area contributed by atoms with Gasteiger partial charge < -0.3 is 10.4 Å². The Bertz CT molecular complexity index is 691. The molecule has 0 bridgehead atoms. The van der Waals surface area contributed by atoms with Crippen LogP contribution in [0.2, 0.25) is 0 Å². The highest BCUT2D eigenvalue weighted by Gasteiger charge is 2.28. The van der Waals surface area contributed by atoms with Crippen molar-refractivity contribution in [2.45, 2.75) is 19.4 Å². The Hall–Kier alpha value is -2.28. The molecule has 22 heavy (non-hydrogen) atoms. The van der Waals surface area contributed by atoms with Crippen molar-refractivity contribution in [3.8, 4) is 0 Å². The van der Waals surface area contributed by atoms with Crippen molar-refractivity contribution in [3.63, 3.8) is 0 Å². The van der Waals surface area contributed by atoms with Gasteiger partial charge in [0.05, 0.1) is 6.54 Å². The number of aliphatic hydroxyl groups is 1. The van der Waals surface area contributed by atoms with Crippen molar-refractivity contribution in [2.24, 2.45) is 7.05 Å². The smallest absolute Gasteiger partial charge is 0.271 e. The van der Waals surface area contributed by atoms with E-state index in [2.05, 4.69) is 10.4 Å². The standard InChI is InChI=1S/C15H17F2N3O2/c1-9-6-13(19-20(9)3)14(21)18-8-15(2,22)11-5-4-10(16)7-12(11)17/h4-7,22H,8H2,1-3H3,(H,18,21). The number of aromatic nitrogens is 2. The van der Waals surface area contributed by atoms with Crippen LogP contribution in [0.5, 0.6) is 0 Å². The highest BCUT2D eigenvalue weighted by molar-refractivity contribution is 5.92. The van der Waals surface area contributed by atoms with E-state index < -0.39 is 23.1 Å². The number of amides is 1. The number of halogens is 2. The van der Waals surface area contributed by atoms with E-state index in [1.165, 1.54) is 6.92 Å². The number of benzene rings is 1. The van der Waals surface area contributed by atoms with Crippen LogP contribution in [0.25, 0.3) is 0 Å². The first-order valence-corrected chi connectivity index (χ1v) is 6.67. The number of carbonyl (C=O) groups is 1. The predicted octanol–water partition coefficient (Wildman–Crippen LogP) is 1.64. The number of carbonyl (C=O) groups excluding carboxylic acids is 1. The summed E-state index contributed by atoms with van der Waals surface area (Å²) < 4.78 is 28.2. The zero-order valence-electron chi connectivity index (χ0n) is 12.5. The first kappa shape index (κ1) is 16.1. The third-order valence-corrected chi connectivity index (χ3v) is 3.45. The summed E-state index contributed by atoms with van der Waals surface area (Å²) in [7, 11) is 1.70. The summed E-state index contributed by atoms with van der Waals surface area (Å²) in [6.07, 6.45) is 0. The molecule has 1 atom stereocenters. The molecule has 0 radical (unpaired) electrons. The minimum absolute atomic E-state index is 0.0913. The van der Waals surface area contributed by atoms with Crippen LogP contribution in [0.1, 0.15) is 28.7 Å². The maximum Gasteiger partial charge on any atom is 0.271 e. The number of hydrogen-bond donors (Lipinski definition) is 2. The molecule has 0 aliphatic heterocycles. The zero-order valence-corrected chi connectivity index (χ0v) is 12.5. The van der Waals surface area contributed by atoms with Crippen molar-refractivity contribution >= 4 is 5.91 Å². The largest absolute Gasteiger partial charge is 0.383 e. The Morgan fingerprint density at radius 3 is 2.64 bits per heavy atom. The van der Waals surface area contributed by atoms with Gasteiger partial charge in [0.25, 0.3) is 5.91 Å². The number of nitrogens with zero attached hydrogens (tertiary/aromatic N) is 2. The van der Waals surface area contributed by atoms with Gasteiger partial charge in [0, 0.05) is 24.4 Å². The fraction of sp³-hybridized carbons (Fsp3) is 0.333. The zero-order chi connectivity index (χ0) is 16.5. The average Bonchev–Trinajstić information content (AvgIpc) is 2.76. The number of rotatable bonds is 4. The molecule has 0 aliphatic rings. The topological polar surface area (TPSA) is 67.2 Å². The molecule has 2 N–H and O–H groups in total. The maximum atomic E-state index is 13.7. The highest BCUT2D eigenvalue weighted by Crippen LogP contribution is 2.23. The van der Waals surface area contributed by atoms with Gasteiger partial charge in [-0.15, -0.1) is 0 Å². The number of hydrogen-bond acceptors (Lipinski definition) is 3. The molecule has 0 saturated carbocycles. The Morgan fingerprint density at radius 2 is 2.09 bits per heavy atom. The van der Waals surface area contributed by atoms with Gasteiger partial charge in [-0.05, 0) is 26.0 Å². The van der Waals surface area contributed by atoms with Gasteiger partial charge in [-0.1, -0.05) is 6.07 Å². The molecule has 0 fully saturated rings. The lowest BCUT2D eigenvalue weighted by Gasteiger charge is -2.24. The first-order chi connectivity index (χ1) is 10.2. The third kappa shape index (κ3) is 3.30. The number of aryl methyl sites for hydroxylation is 2. The lowest BCUT2D eigenvalue weighted by atomic mass is 9.95. The lowest BCUT2D eigenvalue weighted by Crippen LogP contribution is -2.39. The molecule has 1 heterocycles. The normalized spacial score (nSPS) is 13.7. The van der Waals surface area contributed by atoms with Crippen LogP contribution in [0.15, 0.2) is 24.3 Å². The van der Waals surface area contributed by atoms with E-state index >= 15 is 0 Å². The Morgan fingerprint density at radius 1 is 1.41 bits per heavy atom. The van der Waals surface area contributed by atoms with Crippen molar-refractivity contribution in [1.82, 2.24) is 15.1 Å². The molecule has 5 nitrogen and oxygen atoms in total. The molecule has 0 aliphatic carbocycles.